The van der Waals surface area contributed by atoms with Crippen LogP contribution in [0.4, 0.5) is 8.78 Å². The lowest BCUT2D eigenvalue weighted by atomic mass is 9.96. The Balaban J connectivity index is 1.74. The van der Waals surface area contributed by atoms with E-state index >= 15 is 0 Å². The Kier molecular flexibility index (Phi) is 5.44. The molecule has 0 amide bonds. The first-order valence-corrected chi connectivity index (χ1v) is 8.23. The van der Waals surface area contributed by atoms with E-state index in [0.29, 0.717) is 0 Å². The zero-order valence-electron chi connectivity index (χ0n) is 14.6. The topological polar surface area (TPSA) is 69.7 Å². The first-order chi connectivity index (χ1) is 13.3. The Morgan fingerprint density at radius 3 is 2.46 bits per heavy atom. The standard InChI is InChI=1S/C21H14F2O5/c1-12-10-17(25)20(21(26)27-12)16(24)8-6-13-7-9-19(15(23)11-13)28-18-5-3-2-4-14(18)22/h2-11,20H,1H3. The molecule has 2 aromatic carbocycles. The molecule has 0 aliphatic carbocycles. The number of halogens is 2. The van der Waals surface area contributed by atoms with Crippen molar-refractivity contribution in [2.75, 3.05) is 0 Å². The van der Waals surface area contributed by atoms with Gasteiger partial charge in [0, 0.05) is 6.08 Å². The van der Waals surface area contributed by atoms with Gasteiger partial charge in [-0.15, -0.1) is 0 Å². The van der Waals surface area contributed by atoms with Crippen molar-refractivity contribution in [2.24, 2.45) is 5.92 Å². The van der Waals surface area contributed by atoms with Crippen molar-refractivity contribution >= 4 is 23.6 Å². The third-order valence-electron chi connectivity index (χ3n) is 3.86. The molecule has 0 bridgehead atoms. The minimum atomic E-state index is -1.56. The van der Waals surface area contributed by atoms with E-state index in [9.17, 15) is 23.2 Å². The molecule has 0 spiro atoms. The third kappa shape index (κ3) is 4.20. The fraction of sp³-hybridized carbons (Fsp3) is 0.0952. The number of hydrogen-bond donors (Lipinski definition) is 0. The smallest absolute Gasteiger partial charge is 0.329 e. The number of esters is 1. The van der Waals surface area contributed by atoms with Gasteiger partial charge in [0.05, 0.1) is 0 Å². The van der Waals surface area contributed by atoms with Gasteiger partial charge in [0.2, 0.25) is 0 Å². The summed E-state index contributed by atoms with van der Waals surface area (Å²) in [6.07, 6.45) is 3.33. The number of ketones is 2. The lowest BCUT2D eigenvalue weighted by Gasteiger charge is -2.15. The average molecular weight is 384 g/mol. The Morgan fingerprint density at radius 1 is 1.07 bits per heavy atom. The molecular weight excluding hydrogens is 370 g/mol. The highest BCUT2D eigenvalue weighted by Gasteiger charge is 2.36. The lowest BCUT2D eigenvalue weighted by molar-refractivity contribution is -0.151. The van der Waals surface area contributed by atoms with Crippen LogP contribution < -0.4 is 4.74 Å². The minimum absolute atomic E-state index is 0.121. The molecule has 2 aromatic rings. The number of ether oxygens (including phenoxy) is 2. The Hall–Kier alpha value is -3.61. The van der Waals surface area contributed by atoms with Crippen LogP contribution in [-0.2, 0) is 19.1 Å². The van der Waals surface area contributed by atoms with E-state index in [4.69, 9.17) is 9.47 Å². The molecule has 1 aliphatic rings. The van der Waals surface area contributed by atoms with Gasteiger partial charge in [-0.05, 0) is 42.8 Å². The van der Waals surface area contributed by atoms with Gasteiger partial charge in [-0.2, -0.15) is 0 Å². The fourth-order valence-corrected chi connectivity index (χ4v) is 2.53. The summed E-state index contributed by atoms with van der Waals surface area (Å²) in [5, 5.41) is 0. The quantitative estimate of drug-likeness (QED) is 0.443. The first-order valence-electron chi connectivity index (χ1n) is 8.23. The average Bonchev–Trinajstić information content (AvgIpc) is 2.63. The summed E-state index contributed by atoms with van der Waals surface area (Å²) >= 11 is 0. The SMILES string of the molecule is CC1=CC(=O)C(C(=O)C=Cc2ccc(Oc3ccccc3F)c(F)c2)C(=O)O1. The lowest BCUT2D eigenvalue weighted by Crippen LogP contribution is -2.34. The number of rotatable bonds is 5. The van der Waals surface area contributed by atoms with Gasteiger partial charge in [-0.1, -0.05) is 24.3 Å². The van der Waals surface area contributed by atoms with Crippen LogP contribution in [0.25, 0.3) is 6.08 Å². The molecule has 1 heterocycles. The number of carbonyl (C=O) groups excluding carboxylic acids is 3. The van der Waals surface area contributed by atoms with Crippen LogP contribution >= 0.6 is 0 Å². The van der Waals surface area contributed by atoms with E-state index in [1.807, 2.05) is 0 Å². The van der Waals surface area contributed by atoms with Crippen LogP contribution in [0.1, 0.15) is 12.5 Å². The molecule has 28 heavy (non-hydrogen) atoms. The van der Waals surface area contributed by atoms with Crippen molar-refractivity contribution in [3.63, 3.8) is 0 Å². The predicted molar refractivity (Wildman–Crippen MR) is 95.3 cm³/mol. The molecule has 0 saturated carbocycles. The maximum Gasteiger partial charge on any atom is 0.329 e. The van der Waals surface area contributed by atoms with Crippen LogP contribution in [-0.4, -0.2) is 17.5 Å². The summed E-state index contributed by atoms with van der Waals surface area (Å²) in [4.78, 5) is 35.7. The van der Waals surface area contributed by atoms with Crippen LogP contribution in [0, 0.1) is 17.6 Å². The van der Waals surface area contributed by atoms with E-state index in [1.54, 1.807) is 6.07 Å². The molecular formula is C21H14F2O5. The zero-order valence-corrected chi connectivity index (χ0v) is 14.6. The largest absolute Gasteiger partial charge is 0.451 e. The van der Waals surface area contributed by atoms with Gasteiger partial charge in [0.1, 0.15) is 5.76 Å². The van der Waals surface area contributed by atoms with Crippen molar-refractivity contribution in [1.29, 1.82) is 0 Å². The molecule has 1 unspecified atom stereocenters. The molecule has 3 rings (SSSR count). The van der Waals surface area contributed by atoms with Crippen molar-refractivity contribution in [3.8, 4) is 11.5 Å². The second-order valence-electron chi connectivity index (χ2n) is 5.97. The summed E-state index contributed by atoms with van der Waals surface area (Å²) in [7, 11) is 0. The Morgan fingerprint density at radius 2 is 1.79 bits per heavy atom. The van der Waals surface area contributed by atoms with Crippen molar-refractivity contribution in [3.05, 3.63) is 77.6 Å². The highest BCUT2D eigenvalue weighted by atomic mass is 19.1. The van der Waals surface area contributed by atoms with Crippen LogP contribution in [0.15, 0.2) is 60.4 Å². The number of benzene rings is 2. The maximum atomic E-state index is 14.2. The maximum absolute atomic E-state index is 14.2. The van der Waals surface area contributed by atoms with Gasteiger partial charge in [0.15, 0.2) is 40.6 Å². The molecule has 1 atom stereocenters. The molecule has 0 aromatic heterocycles. The van der Waals surface area contributed by atoms with Gasteiger partial charge < -0.3 is 9.47 Å². The molecule has 0 N–H and O–H groups in total. The highest BCUT2D eigenvalue weighted by molar-refractivity contribution is 6.25. The van der Waals surface area contributed by atoms with E-state index in [1.165, 1.54) is 43.3 Å². The summed E-state index contributed by atoms with van der Waals surface area (Å²) < 4.78 is 37.8. The summed E-state index contributed by atoms with van der Waals surface area (Å²) in [5.41, 5.74) is 0.287. The predicted octanol–water partition coefficient (Wildman–Crippen LogP) is 3.99. The van der Waals surface area contributed by atoms with Gasteiger partial charge in [-0.25, -0.2) is 8.78 Å². The van der Waals surface area contributed by atoms with Crippen molar-refractivity contribution in [1.82, 2.24) is 0 Å². The number of hydrogen-bond acceptors (Lipinski definition) is 5. The van der Waals surface area contributed by atoms with Gasteiger partial charge >= 0.3 is 5.97 Å². The third-order valence-corrected chi connectivity index (χ3v) is 3.86. The molecule has 5 nitrogen and oxygen atoms in total. The van der Waals surface area contributed by atoms with Gasteiger partial charge in [0.25, 0.3) is 0 Å². The van der Waals surface area contributed by atoms with Crippen LogP contribution in [0.2, 0.25) is 0 Å². The highest BCUT2D eigenvalue weighted by Crippen LogP contribution is 2.27. The number of para-hydroxylation sites is 1. The Labute approximate surface area is 158 Å². The normalized spacial score (nSPS) is 16.7. The zero-order chi connectivity index (χ0) is 20.3. The molecule has 0 radical (unpaired) electrons. The number of allylic oxidation sites excluding steroid dienone is 3. The van der Waals surface area contributed by atoms with E-state index < -0.39 is 35.1 Å². The Bertz CT molecular complexity index is 1020. The second-order valence-corrected chi connectivity index (χ2v) is 5.97. The first kappa shape index (κ1) is 19.2. The summed E-state index contributed by atoms with van der Waals surface area (Å²) in [5.74, 6) is -5.55. The monoisotopic (exact) mass is 384 g/mol. The summed E-state index contributed by atoms with van der Waals surface area (Å²) in [6, 6.07) is 9.36. The van der Waals surface area contributed by atoms with Crippen molar-refractivity contribution in [2.45, 2.75) is 6.92 Å². The minimum Gasteiger partial charge on any atom is -0.451 e. The fourth-order valence-electron chi connectivity index (χ4n) is 2.53. The number of cyclic esters (lactones) is 1. The van der Waals surface area contributed by atoms with E-state index in [0.717, 1.165) is 18.2 Å². The van der Waals surface area contributed by atoms with E-state index in [-0.39, 0.29) is 22.8 Å². The van der Waals surface area contributed by atoms with E-state index in [2.05, 4.69) is 0 Å². The number of carbonyl (C=O) groups is 3. The van der Waals surface area contributed by atoms with Crippen LogP contribution in [0.3, 0.4) is 0 Å². The summed E-state index contributed by atoms with van der Waals surface area (Å²) in [6.45, 7) is 1.43. The molecule has 142 valence electrons. The second kappa shape index (κ2) is 7.96. The molecule has 0 saturated heterocycles. The molecule has 0 fully saturated rings. The molecule has 7 heteroatoms. The van der Waals surface area contributed by atoms with Crippen LogP contribution in [0.5, 0.6) is 11.5 Å². The van der Waals surface area contributed by atoms with Crippen molar-refractivity contribution < 1.29 is 32.6 Å². The molecule has 1 aliphatic heterocycles. The van der Waals surface area contributed by atoms with Gasteiger partial charge in [-0.3, -0.25) is 14.4 Å².